The third-order valence-electron chi connectivity index (χ3n) is 7.66. The minimum Gasteiger partial charge on any atom is -0.237 e. The van der Waals surface area contributed by atoms with Crippen LogP contribution in [0.15, 0.2) is 12.1 Å². The number of benzene rings is 1. The Balaban J connectivity index is 4.63. The van der Waals surface area contributed by atoms with E-state index in [9.17, 15) is 8.42 Å². The molecule has 1 aromatic rings. The van der Waals surface area contributed by atoms with Crippen LogP contribution in [0.2, 0.25) is 118 Å². The lowest BCUT2D eigenvalue weighted by molar-refractivity contribution is 0.614. The quantitative estimate of drug-likeness (QED) is 0.224. The van der Waals surface area contributed by atoms with Crippen molar-refractivity contribution >= 4 is 71.6 Å². The Kier molecular flexibility index (Phi) is 11.0. The van der Waals surface area contributed by atoms with Crippen LogP contribution in [0.1, 0.15) is 32.2 Å². The fourth-order valence-electron chi connectivity index (χ4n) is 8.40. The molecule has 0 amide bonds. The third kappa shape index (κ3) is 9.62. The van der Waals surface area contributed by atoms with Crippen molar-refractivity contribution in [2.24, 2.45) is 0 Å². The van der Waals surface area contributed by atoms with Crippen LogP contribution in [0.25, 0.3) is 0 Å². The summed E-state index contributed by atoms with van der Waals surface area (Å²) in [5, 5.41) is 2.96. The van der Waals surface area contributed by atoms with Crippen LogP contribution in [0.4, 0.5) is 0 Å². The summed E-state index contributed by atoms with van der Waals surface area (Å²) in [4.78, 5) is 0. The first-order valence-corrected chi connectivity index (χ1v) is 39.5. The molecule has 1 rings (SSSR count). The van der Waals surface area contributed by atoms with E-state index in [1.807, 2.05) is 0 Å². The maximum Gasteiger partial charge on any atom is 0.250 e. The second-order valence-electron chi connectivity index (χ2n) is 18.4. The zero-order valence-electron chi connectivity index (χ0n) is 28.6. The van der Waals surface area contributed by atoms with E-state index in [0.29, 0.717) is 15.5 Å². The van der Waals surface area contributed by atoms with E-state index in [-0.39, 0.29) is 8.67 Å². The first-order chi connectivity index (χ1) is 16.3. The molecule has 38 heavy (non-hydrogen) atoms. The monoisotopic (exact) mass is 658 g/mol. The van der Waals surface area contributed by atoms with E-state index in [1.165, 1.54) is 22.6 Å². The standard InChI is InChI=1S/C28H62O2SSi7/c1-31(29,30)32-25-23(27(35(8,9)10)36(11,12)13)20-22(26(33(2,3)4)34(5,6)7)21-24(25)28(37(14,15)16)38(17,18)19/h20-21,26-28H,1-19H3. The van der Waals surface area contributed by atoms with Gasteiger partial charge in [-0.25, -0.2) is 8.42 Å². The molecule has 1 aromatic carbocycles. The van der Waals surface area contributed by atoms with Gasteiger partial charge >= 0.3 is 0 Å². The van der Waals surface area contributed by atoms with Gasteiger partial charge in [-0.05, 0) is 37.4 Å². The number of rotatable bonds is 11. The largest absolute Gasteiger partial charge is 0.250 e. The van der Waals surface area contributed by atoms with Gasteiger partial charge in [0.1, 0.15) is 9.29 Å². The maximum absolute atomic E-state index is 13.2. The molecule has 0 aliphatic carbocycles. The summed E-state index contributed by atoms with van der Waals surface area (Å²) in [5.74, 6) is 0. The van der Waals surface area contributed by atoms with Gasteiger partial charge in [0.25, 0.3) is 0 Å². The van der Waals surface area contributed by atoms with Gasteiger partial charge in [-0.15, -0.1) is 0 Å². The van der Waals surface area contributed by atoms with Crippen molar-refractivity contribution in [1.82, 2.24) is 0 Å². The van der Waals surface area contributed by atoms with Crippen LogP contribution in [-0.2, 0) is 9.29 Å². The minimum absolute atomic E-state index is 0.140. The molecule has 0 aliphatic rings. The molecular weight excluding hydrogens is 597 g/mol. The summed E-state index contributed by atoms with van der Waals surface area (Å²) >= 11 is 0. The number of hydrogen-bond donors (Lipinski definition) is 0. The fraction of sp³-hybridized carbons (Fsp3) is 0.786. The van der Waals surface area contributed by atoms with Gasteiger partial charge in [0, 0.05) is 54.7 Å². The second kappa shape index (κ2) is 11.4. The summed E-state index contributed by atoms with van der Waals surface area (Å²) in [6, 6.07) is 5.20. The molecular formula is C28H62O2SSi7. The summed E-state index contributed by atoms with van der Waals surface area (Å²) in [5.41, 5.74) is 4.49. The van der Waals surface area contributed by atoms with Crippen molar-refractivity contribution in [1.29, 1.82) is 0 Å². The minimum atomic E-state index is -3.15. The van der Waals surface area contributed by atoms with Crippen LogP contribution in [0.3, 0.4) is 0 Å². The molecule has 0 unspecified atom stereocenters. The molecule has 220 valence electrons. The molecule has 0 fully saturated rings. The van der Waals surface area contributed by atoms with Gasteiger partial charge in [0.15, 0.2) is 0 Å². The molecule has 0 bridgehead atoms. The van der Waals surface area contributed by atoms with Gasteiger partial charge < -0.3 is 0 Å². The maximum atomic E-state index is 13.2. The van der Waals surface area contributed by atoms with Crippen molar-refractivity contribution in [2.75, 3.05) is 6.26 Å². The van der Waals surface area contributed by atoms with Gasteiger partial charge in [-0.3, -0.25) is 0 Å². The topological polar surface area (TPSA) is 34.1 Å². The van der Waals surface area contributed by atoms with Crippen molar-refractivity contribution in [3.63, 3.8) is 0 Å². The molecule has 0 atom stereocenters. The van der Waals surface area contributed by atoms with Crippen molar-refractivity contribution in [3.8, 4) is 0 Å². The van der Waals surface area contributed by atoms with E-state index in [0.717, 1.165) is 0 Å². The Hall–Kier alpha value is 0.688. The zero-order chi connectivity index (χ0) is 30.7. The van der Waals surface area contributed by atoms with E-state index in [2.05, 4.69) is 130 Å². The van der Waals surface area contributed by atoms with Gasteiger partial charge in [-0.1, -0.05) is 130 Å². The highest BCUT2D eigenvalue weighted by atomic mass is 32.4. The fourth-order valence-corrected chi connectivity index (χ4v) is 50.0. The lowest BCUT2D eigenvalue weighted by Crippen LogP contribution is -2.53. The van der Waals surface area contributed by atoms with Crippen molar-refractivity contribution < 1.29 is 8.42 Å². The highest BCUT2D eigenvalue weighted by Crippen LogP contribution is 2.44. The average molecular weight is 659 g/mol. The van der Waals surface area contributed by atoms with Gasteiger partial charge in [0.05, 0.1) is 0 Å². The Morgan fingerprint density at radius 2 is 0.737 bits per heavy atom. The Labute approximate surface area is 247 Å². The van der Waals surface area contributed by atoms with Crippen LogP contribution in [-0.4, -0.2) is 71.8 Å². The van der Waals surface area contributed by atoms with Crippen molar-refractivity contribution in [3.05, 3.63) is 28.8 Å². The van der Waals surface area contributed by atoms with E-state index in [1.54, 1.807) is 5.56 Å². The Bertz CT molecular complexity index is 994. The molecule has 0 saturated heterocycles. The SMILES string of the molecule is C[Si](C)(C)C(c1cc(C([Si](C)(C)C)[Si](C)(C)C)c([Si]S(C)(=O)=O)c(C([Si](C)(C)C)[Si](C)(C)C)c1)[Si](C)(C)C. The average Bonchev–Trinajstić information content (AvgIpc) is 2.48. The first kappa shape index (κ1) is 36.7. The predicted molar refractivity (Wildman–Crippen MR) is 195 cm³/mol. The smallest absolute Gasteiger partial charge is 0.237 e. The molecule has 2 nitrogen and oxygen atoms in total. The molecule has 0 aromatic heterocycles. The normalized spacial score (nSPS) is 15.2. The van der Waals surface area contributed by atoms with Crippen molar-refractivity contribution in [2.45, 2.75) is 133 Å². The Morgan fingerprint density at radius 1 is 0.500 bits per heavy atom. The number of hydrogen-bond acceptors (Lipinski definition) is 2. The Morgan fingerprint density at radius 3 is 0.921 bits per heavy atom. The second-order valence-corrected chi connectivity index (χ2v) is 57.1. The summed E-state index contributed by atoms with van der Waals surface area (Å²) in [7, 11) is -13.0. The first-order valence-electron chi connectivity index (χ1n) is 14.4. The van der Waals surface area contributed by atoms with Crippen LogP contribution in [0, 0.1) is 0 Å². The molecule has 0 spiro atoms. The molecule has 0 heterocycles. The summed E-state index contributed by atoms with van der Waals surface area (Å²) in [6.07, 6.45) is 1.47. The molecule has 0 saturated carbocycles. The van der Waals surface area contributed by atoms with Gasteiger partial charge in [-0.2, -0.15) is 0 Å². The van der Waals surface area contributed by atoms with E-state index < -0.39 is 57.7 Å². The van der Waals surface area contributed by atoms with Crippen LogP contribution < -0.4 is 5.19 Å². The highest BCUT2D eigenvalue weighted by molar-refractivity contribution is 8.15. The zero-order valence-corrected chi connectivity index (χ0v) is 36.4. The van der Waals surface area contributed by atoms with E-state index in [4.69, 9.17) is 0 Å². The lowest BCUT2D eigenvalue weighted by atomic mass is 10.1. The molecule has 2 radical (unpaired) electrons. The van der Waals surface area contributed by atoms with E-state index >= 15 is 0 Å². The van der Waals surface area contributed by atoms with Gasteiger partial charge in [0.2, 0.25) is 8.67 Å². The third-order valence-corrected chi connectivity index (χ3v) is 38.4. The van der Waals surface area contributed by atoms with Crippen LogP contribution >= 0.6 is 0 Å². The molecule has 10 heteroatoms. The highest BCUT2D eigenvalue weighted by Gasteiger charge is 2.46. The lowest BCUT2D eigenvalue weighted by Gasteiger charge is -2.45. The summed E-state index contributed by atoms with van der Waals surface area (Å²) < 4.78 is 26.3. The summed E-state index contributed by atoms with van der Waals surface area (Å²) in [6.45, 7) is 45.7. The molecule has 0 aliphatic heterocycles. The van der Waals surface area contributed by atoms with Crippen LogP contribution in [0.5, 0.6) is 0 Å². The molecule has 0 N–H and O–H groups in total. The predicted octanol–water partition coefficient (Wildman–Crippen LogP) is 8.49.